The molecule has 1 atom stereocenters. The summed E-state index contributed by atoms with van der Waals surface area (Å²) < 4.78 is 33.1. The second-order valence-corrected chi connectivity index (χ2v) is 9.31. The van der Waals surface area contributed by atoms with E-state index >= 15 is 0 Å². The number of morpholine rings is 1. The maximum absolute atomic E-state index is 13.8. The zero-order valence-electron chi connectivity index (χ0n) is 20.0. The number of halogens is 2. The summed E-state index contributed by atoms with van der Waals surface area (Å²) in [6.07, 6.45) is 6.50. The van der Waals surface area contributed by atoms with Crippen LogP contribution in [0.4, 0.5) is 20.4 Å². The molecule has 1 aliphatic carbocycles. The van der Waals surface area contributed by atoms with Gasteiger partial charge in [0.25, 0.3) is 5.91 Å². The molecule has 4 heterocycles. The van der Waals surface area contributed by atoms with Crippen molar-refractivity contribution < 1.29 is 18.3 Å². The van der Waals surface area contributed by atoms with Crippen LogP contribution in [0.1, 0.15) is 54.6 Å². The molecule has 36 heavy (non-hydrogen) atoms. The van der Waals surface area contributed by atoms with Crippen molar-refractivity contribution in [3.05, 3.63) is 60.3 Å². The molecule has 1 amide bonds. The molecule has 2 fully saturated rings. The second-order valence-electron chi connectivity index (χ2n) is 9.31. The van der Waals surface area contributed by atoms with Gasteiger partial charge in [-0.1, -0.05) is 6.07 Å². The summed E-state index contributed by atoms with van der Waals surface area (Å²) in [6, 6.07) is 7.42. The van der Waals surface area contributed by atoms with Gasteiger partial charge in [0.1, 0.15) is 0 Å². The van der Waals surface area contributed by atoms with Crippen LogP contribution in [0.2, 0.25) is 0 Å². The van der Waals surface area contributed by atoms with Crippen LogP contribution in [-0.2, 0) is 4.74 Å². The van der Waals surface area contributed by atoms with Gasteiger partial charge in [0, 0.05) is 55.7 Å². The molecule has 1 N–H and O–H groups in total. The van der Waals surface area contributed by atoms with Gasteiger partial charge in [-0.3, -0.25) is 14.8 Å². The number of carbonyl (C=O) groups is 1. The third-order valence-electron chi connectivity index (χ3n) is 6.79. The predicted octanol–water partition coefficient (Wildman–Crippen LogP) is 4.70. The standard InChI is InChI=1S/C26H28F2N6O2/c1-17-16-36-13-12-34(17)25-31-14-19(15-32-25)24(35)33-23-20(21-4-2-3-10-29-21)7-11-30-22(23)18-5-8-26(27,28)9-6-18/h2-4,7,10-11,14-15,17-18H,5-6,8-9,12-13,16H2,1H3,(H,33,35)/t17-/m1/s1. The first-order valence-corrected chi connectivity index (χ1v) is 12.2. The Hall–Kier alpha value is -3.53. The summed E-state index contributed by atoms with van der Waals surface area (Å²) in [6.45, 7) is 3.91. The molecule has 3 aromatic rings. The fourth-order valence-electron chi connectivity index (χ4n) is 4.76. The number of anilines is 2. The highest BCUT2D eigenvalue weighted by molar-refractivity contribution is 6.06. The Morgan fingerprint density at radius 2 is 1.86 bits per heavy atom. The summed E-state index contributed by atoms with van der Waals surface area (Å²) in [5, 5.41) is 2.98. The highest BCUT2D eigenvalue weighted by atomic mass is 19.3. The highest BCUT2D eigenvalue weighted by Crippen LogP contribution is 2.44. The molecule has 3 aromatic heterocycles. The summed E-state index contributed by atoms with van der Waals surface area (Å²) >= 11 is 0. The summed E-state index contributed by atoms with van der Waals surface area (Å²) in [7, 11) is 0. The number of aromatic nitrogens is 4. The normalized spacial score (nSPS) is 20.2. The number of amides is 1. The van der Waals surface area contributed by atoms with Gasteiger partial charge >= 0.3 is 0 Å². The number of hydrogen-bond acceptors (Lipinski definition) is 7. The Balaban J connectivity index is 1.44. The molecule has 0 aromatic carbocycles. The Morgan fingerprint density at radius 1 is 1.08 bits per heavy atom. The quantitative estimate of drug-likeness (QED) is 0.549. The van der Waals surface area contributed by atoms with E-state index in [2.05, 4.69) is 25.3 Å². The molecule has 0 bridgehead atoms. The molecule has 1 saturated heterocycles. The van der Waals surface area contributed by atoms with Crippen molar-refractivity contribution in [2.24, 2.45) is 0 Å². The van der Waals surface area contributed by atoms with E-state index in [0.29, 0.717) is 61.2 Å². The number of carbonyl (C=O) groups excluding carboxylic acids is 1. The monoisotopic (exact) mass is 494 g/mol. The van der Waals surface area contributed by atoms with Crippen LogP contribution in [0, 0.1) is 0 Å². The molecular weight excluding hydrogens is 466 g/mol. The first-order chi connectivity index (χ1) is 17.4. The zero-order chi connectivity index (χ0) is 25.1. The maximum Gasteiger partial charge on any atom is 0.258 e. The lowest BCUT2D eigenvalue weighted by Gasteiger charge is -2.33. The summed E-state index contributed by atoms with van der Waals surface area (Å²) in [4.78, 5) is 33.1. The molecule has 188 valence electrons. The molecule has 0 unspecified atom stereocenters. The van der Waals surface area contributed by atoms with Crippen LogP contribution in [-0.4, -0.2) is 57.6 Å². The van der Waals surface area contributed by atoms with Crippen molar-refractivity contribution in [2.45, 2.75) is 50.5 Å². The predicted molar refractivity (Wildman–Crippen MR) is 131 cm³/mol. The largest absolute Gasteiger partial charge is 0.377 e. The van der Waals surface area contributed by atoms with Gasteiger partial charge in [0.15, 0.2) is 0 Å². The third kappa shape index (κ3) is 5.18. The average molecular weight is 495 g/mol. The summed E-state index contributed by atoms with van der Waals surface area (Å²) in [5.74, 6) is -2.70. The van der Waals surface area contributed by atoms with Crippen molar-refractivity contribution in [3.8, 4) is 11.3 Å². The molecular formula is C26H28F2N6O2. The number of nitrogens with zero attached hydrogens (tertiary/aromatic N) is 5. The number of hydrogen-bond donors (Lipinski definition) is 1. The molecule has 1 aliphatic heterocycles. The minimum atomic E-state index is -2.66. The Labute approximate surface area is 208 Å². The van der Waals surface area contributed by atoms with Gasteiger partial charge in [-0.2, -0.15) is 0 Å². The number of rotatable bonds is 5. The van der Waals surface area contributed by atoms with E-state index in [-0.39, 0.29) is 30.4 Å². The van der Waals surface area contributed by atoms with Crippen LogP contribution in [0.5, 0.6) is 0 Å². The number of pyridine rings is 2. The van der Waals surface area contributed by atoms with Gasteiger partial charge in [0.2, 0.25) is 11.9 Å². The minimum Gasteiger partial charge on any atom is -0.377 e. The van der Waals surface area contributed by atoms with Crippen molar-refractivity contribution in [1.29, 1.82) is 0 Å². The van der Waals surface area contributed by atoms with E-state index in [0.717, 1.165) is 0 Å². The van der Waals surface area contributed by atoms with E-state index in [1.54, 1.807) is 24.5 Å². The lowest BCUT2D eigenvalue weighted by atomic mass is 9.83. The number of alkyl halides is 2. The van der Waals surface area contributed by atoms with Crippen molar-refractivity contribution in [3.63, 3.8) is 0 Å². The second kappa shape index (κ2) is 10.2. The van der Waals surface area contributed by atoms with Crippen molar-refractivity contribution >= 4 is 17.5 Å². The van der Waals surface area contributed by atoms with Gasteiger partial charge in [-0.25, -0.2) is 18.7 Å². The molecule has 0 spiro atoms. The minimum absolute atomic E-state index is 0.139. The number of ether oxygens (including phenoxy) is 1. The topological polar surface area (TPSA) is 93.1 Å². The Kier molecular flexibility index (Phi) is 6.86. The third-order valence-corrected chi connectivity index (χ3v) is 6.79. The molecule has 2 aliphatic rings. The molecule has 10 heteroatoms. The summed E-state index contributed by atoms with van der Waals surface area (Å²) in [5.41, 5.74) is 2.72. The molecule has 8 nitrogen and oxygen atoms in total. The van der Waals surface area contributed by atoms with Crippen LogP contribution in [0.3, 0.4) is 0 Å². The SMILES string of the molecule is C[C@@H]1COCCN1c1ncc(C(=O)Nc2c(-c3ccccn3)ccnc2C2CCC(F)(F)CC2)cn1. The Bertz CT molecular complexity index is 1200. The van der Waals surface area contributed by atoms with E-state index in [9.17, 15) is 13.6 Å². The average Bonchev–Trinajstić information content (AvgIpc) is 2.90. The van der Waals surface area contributed by atoms with E-state index in [1.807, 2.05) is 24.0 Å². The van der Waals surface area contributed by atoms with E-state index in [4.69, 9.17) is 4.74 Å². The lowest BCUT2D eigenvalue weighted by molar-refractivity contribution is -0.0384. The molecule has 0 radical (unpaired) electrons. The first kappa shape index (κ1) is 24.2. The first-order valence-electron chi connectivity index (χ1n) is 12.2. The van der Waals surface area contributed by atoms with Gasteiger partial charge < -0.3 is 15.0 Å². The van der Waals surface area contributed by atoms with Crippen LogP contribution < -0.4 is 10.2 Å². The van der Waals surface area contributed by atoms with Crippen LogP contribution in [0.25, 0.3) is 11.3 Å². The van der Waals surface area contributed by atoms with Crippen LogP contribution in [0.15, 0.2) is 49.1 Å². The number of nitrogens with one attached hydrogen (secondary N) is 1. The maximum atomic E-state index is 13.8. The highest BCUT2D eigenvalue weighted by Gasteiger charge is 2.37. The fraction of sp³-hybridized carbons (Fsp3) is 0.423. The van der Waals surface area contributed by atoms with Crippen molar-refractivity contribution in [2.75, 3.05) is 30.0 Å². The Morgan fingerprint density at radius 3 is 2.56 bits per heavy atom. The van der Waals surface area contributed by atoms with Crippen LogP contribution >= 0.6 is 0 Å². The van der Waals surface area contributed by atoms with Gasteiger partial charge in [0.05, 0.1) is 41.9 Å². The van der Waals surface area contributed by atoms with E-state index in [1.165, 1.54) is 12.4 Å². The molecule has 1 saturated carbocycles. The fourth-order valence-corrected chi connectivity index (χ4v) is 4.76. The lowest BCUT2D eigenvalue weighted by Crippen LogP contribution is -2.44. The van der Waals surface area contributed by atoms with Gasteiger partial charge in [-0.05, 0) is 38.0 Å². The smallest absolute Gasteiger partial charge is 0.258 e. The molecule has 5 rings (SSSR count). The van der Waals surface area contributed by atoms with E-state index < -0.39 is 11.8 Å². The van der Waals surface area contributed by atoms with Gasteiger partial charge in [-0.15, -0.1) is 0 Å². The van der Waals surface area contributed by atoms with Crippen molar-refractivity contribution in [1.82, 2.24) is 19.9 Å². The zero-order valence-corrected chi connectivity index (χ0v) is 20.0.